The standard InChI is InChI=1S/C32H30N4O2/c33-20-24-5-4-6-25(19-24)23-36-17-15-30(16-18-36)38-31-14-9-26(21-34-31)22-35-32(37)29-12-10-28(11-13-29)27-7-2-1-3-8-27/h1-14,19,21,30H,15-18,22-23H2,(H,35,37). The van der Waals surface area contributed by atoms with E-state index < -0.39 is 0 Å². The van der Waals surface area contributed by atoms with Crippen LogP contribution in [0.5, 0.6) is 5.88 Å². The molecule has 0 atom stereocenters. The van der Waals surface area contributed by atoms with Crippen molar-refractivity contribution in [1.82, 2.24) is 15.2 Å². The van der Waals surface area contributed by atoms with Gasteiger partial charge in [0.15, 0.2) is 0 Å². The van der Waals surface area contributed by atoms with Crippen molar-refractivity contribution in [3.8, 4) is 23.1 Å². The molecule has 1 amide bonds. The van der Waals surface area contributed by atoms with Crippen molar-refractivity contribution >= 4 is 5.91 Å². The number of amides is 1. The number of pyridine rings is 1. The van der Waals surface area contributed by atoms with Gasteiger partial charge in [0, 0.05) is 44.0 Å². The summed E-state index contributed by atoms with van der Waals surface area (Å²) >= 11 is 0. The van der Waals surface area contributed by atoms with E-state index in [-0.39, 0.29) is 12.0 Å². The molecular formula is C32H30N4O2. The van der Waals surface area contributed by atoms with Gasteiger partial charge in [0.2, 0.25) is 5.88 Å². The molecule has 4 aromatic rings. The van der Waals surface area contributed by atoms with Crippen LogP contribution in [0.4, 0.5) is 0 Å². The zero-order valence-electron chi connectivity index (χ0n) is 21.2. The second-order valence-electron chi connectivity index (χ2n) is 9.54. The fourth-order valence-electron chi connectivity index (χ4n) is 4.67. The Balaban J connectivity index is 1.06. The van der Waals surface area contributed by atoms with E-state index in [1.54, 1.807) is 6.20 Å². The number of aromatic nitrogens is 1. The number of rotatable bonds is 8. The first-order chi connectivity index (χ1) is 18.7. The van der Waals surface area contributed by atoms with Crippen molar-refractivity contribution < 1.29 is 9.53 Å². The highest BCUT2D eigenvalue weighted by atomic mass is 16.5. The van der Waals surface area contributed by atoms with Crippen molar-refractivity contribution in [3.05, 3.63) is 119 Å². The molecule has 6 heteroatoms. The van der Waals surface area contributed by atoms with E-state index in [4.69, 9.17) is 10.00 Å². The minimum absolute atomic E-state index is 0.115. The molecule has 0 radical (unpaired) electrons. The smallest absolute Gasteiger partial charge is 0.251 e. The summed E-state index contributed by atoms with van der Waals surface area (Å²) < 4.78 is 6.12. The van der Waals surface area contributed by atoms with E-state index in [0.29, 0.717) is 23.6 Å². The van der Waals surface area contributed by atoms with Gasteiger partial charge < -0.3 is 10.1 Å². The van der Waals surface area contributed by atoms with Gasteiger partial charge >= 0.3 is 0 Å². The molecule has 38 heavy (non-hydrogen) atoms. The molecule has 0 aliphatic carbocycles. The molecule has 5 rings (SSSR count). The van der Waals surface area contributed by atoms with Crippen LogP contribution in [0.2, 0.25) is 0 Å². The molecule has 2 heterocycles. The molecule has 1 N–H and O–H groups in total. The number of nitrogens with one attached hydrogen (secondary N) is 1. The van der Waals surface area contributed by atoms with Crippen LogP contribution >= 0.6 is 0 Å². The number of hydrogen-bond acceptors (Lipinski definition) is 5. The van der Waals surface area contributed by atoms with Gasteiger partial charge in [-0.05, 0) is 59.4 Å². The Morgan fingerprint density at radius 3 is 2.39 bits per heavy atom. The average molecular weight is 503 g/mol. The summed E-state index contributed by atoms with van der Waals surface area (Å²) in [5.74, 6) is 0.493. The SMILES string of the molecule is N#Cc1cccc(CN2CCC(Oc3ccc(CNC(=O)c4ccc(-c5ccccc5)cc4)cn3)CC2)c1. The maximum Gasteiger partial charge on any atom is 0.251 e. The summed E-state index contributed by atoms with van der Waals surface area (Å²) in [6.07, 6.45) is 3.75. The third kappa shape index (κ3) is 6.64. The molecule has 0 spiro atoms. The summed E-state index contributed by atoms with van der Waals surface area (Å²) in [7, 11) is 0. The number of ether oxygens (including phenoxy) is 1. The number of piperidine rings is 1. The van der Waals surface area contributed by atoms with Crippen LogP contribution in [-0.4, -0.2) is 35.0 Å². The molecule has 0 unspecified atom stereocenters. The number of nitrogens with zero attached hydrogens (tertiary/aromatic N) is 3. The maximum atomic E-state index is 12.6. The molecule has 3 aromatic carbocycles. The summed E-state index contributed by atoms with van der Waals surface area (Å²) in [4.78, 5) is 19.4. The quantitative estimate of drug-likeness (QED) is 0.340. The lowest BCUT2D eigenvalue weighted by Crippen LogP contribution is -2.37. The largest absolute Gasteiger partial charge is 0.474 e. The first-order valence-electron chi connectivity index (χ1n) is 12.9. The molecule has 1 fully saturated rings. The summed E-state index contributed by atoms with van der Waals surface area (Å²) in [6, 6.07) is 31.5. The molecule has 1 aliphatic heterocycles. The second kappa shape index (κ2) is 12.2. The van der Waals surface area contributed by atoms with Crippen molar-refractivity contribution in [3.63, 3.8) is 0 Å². The van der Waals surface area contributed by atoms with E-state index in [1.165, 1.54) is 0 Å². The molecular weight excluding hydrogens is 472 g/mol. The van der Waals surface area contributed by atoms with Crippen molar-refractivity contribution in [2.75, 3.05) is 13.1 Å². The Morgan fingerprint density at radius 2 is 1.68 bits per heavy atom. The lowest BCUT2D eigenvalue weighted by atomic mass is 10.0. The van der Waals surface area contributed by atoms with Gasteiger partial charge in [0.1, 0.15) is 6.10 Å². The van der Waals surface area contributed by atoms with Gasteiger partial charge in [-0.3, -0.25) is 9.69 Å². The van der Waals surface area contributed by atoms with Gasteiger partial charge in [-0.1, -0.05) is 60.7 Å². The van der Waals surface area contributed by atoms with E-state index in [9.17, 15) is 4.79 Å². The molecule has 1 saturated heterocycles. The summed E-state index contributed by atoms with van der Waals surface area (Å²) in [6.45, 7) is 3.13. The van der Waals surface area contributed by atoms with Gasteiger partial charge in [-0.2, -0.15) is 5.26 Å². The lowest BCUT2D eigenvalue weighted by molar-refractivity contribution is 0.0932. The first-order valence-corrected chi connectivity index (χ1v) is 12.9. The monoisotopic (exact) mass is 502 g/mol. The van der Waals surface area contributed by atoms with Gasteiger partial charge in [0.25, 0.3) is 5.91 Å². The topological polar surface area (TPSA) is 78.3 Å². The number of carbonyl (C=O) groups excluding carboxylic acids is 1. The number of likely N-dealkylation sites (tertiary alicyclic amines) is 1. The van der Waals surface area contributed by atoms with E-state index in [2.05, 4.69) is 39.5 Å². The van der Waals surface area contributed by atoms with Crippen molar-refractivity contribution in [2.24, 2.45) is 0 Å². The Labute approximate surface area is 223 Å². The Morgan fingerprint density at radius 1 is 0.921 bits per heavy atom. The number of benzene rings is 3. The first kappa shape index (κ1) is 25.2. The van der Waals surface area contributed by atoms with Crippen LogP contribution < -0.4 is 10.1 Å². The van der Waals surface area contributed by atoms with Gasteiger partial charge in [-0.25, -0.2) is 4.98 Å². The maximum absolute atomic E-state index is 12.6. The zero-order chi connectivity index (χ0) is 26.2. The minimum Gasteiger partial charge on any atom is -0.474 e. The molecule has 1 aliphatic rings. The highest BCUT2D eigenvalue weighted by molar-refractivity contribution is 5.94. The van der Waals surface area contributed by atoms with Crippen LogP contribution in [0.25, 0.3) is 11.1 Å². The molecule has 0 bridgehead atoms. The molecule has 0 saturated carbocycles. The molecule has 6 nitrogen and oxygen atoms in total. The third-order valence-corrected chi connectivity index (χ3v) is 6.79. The molecule has 1 aromatic heterocycles. The Kier molecular flexibility index (Phi) is 8.07. The fourth-order valence-corrected chi connectivity index (χ4v) is 4.67. The Hall–Kier alpha value is -4.47. The van der Waals surface area contributed by atoms with E-state index in [1.807, 2.05) is 72.8 Å². The Bertz CT molecular complexity index is 1390. The molecule has 190 valence electrons. The predicted molar refractivity (Wildman–Crippen MR) is 147 cm³/mol. The van der Waals surface area contributed by atoms with Crippen molar-refractivity contribution in [2.45, 2.75) is 32.0 Å². The normalized spacial score (nSPS) is 14.0. The highest BCUT2D eigenvalue weighted by Gasteiger charge is 2.21. The minimum atomic E-state index is -0.115. The fraction of sp³-hybridized carbons (Fsp3) is 0.219. The van der Waals surface area contributed by atoms with Gasteiger partial charge in [-0.15, -0.1) is 0 Å². The zero-order valence-corrected chi connectivity index (χ0v) is 21.2. The third-order valence-electron chi connectivity index (χ3n) is 6.79. The van der Waals surface area contributed by atoms with Gasteiger partial charge in [0.05, 0.1) is 11.6 Å². The number of nitriles is 1. The summed E-state index contributed by atoms with van der Waals surface area (Å²) in [5.41, 5.74) is 5.62. The van der Waals surface area contributed by atoms with E-state index in [0.717, 1.165) is 54.7 Å². The number of hydrogen-bond donors (Lipinski definition) is 1. The van der Waals surface area contributed by atoms with Crippen LogP contribution in [0.3, 0.4) is 0 Å². The highest BCUT2D eigenvalue weighted by Crippen LogP contribution is 2.21. The van der Waals surface area contributed by atoms with Crippen LogP contribution in [0, 0.1) is 11.3 Å². The number of carbonyl (C=O) groups is 1. The average Bonchev–Trinajstić information content (AvgIpc) is 2.98. The van der Waals surface area contributed by atoms with E-state index >= 15 is 0 Å². The second-order valence-corrected chi connectivity index (χ2v) is 9.54. The lowest BCUT2D eigenvalue weighted by Gasteiger charge is -2.31. The van der Waals surface area contributed by atoms with Crippen LogP contribution in [0.15, 0.2) is 97.2 Å². The summed E-state index contributed by atoms with van der Waals surface area (Å²) in [5, 5.41) is 12.1. The van der Waals surface area contributed by atoms with Crippen LogP contribution in [0.1, 0.15) is 39.9 Å². The van der Waals surface area contributed by atoms with Crippen LogP contribution in [-0.2, 0) is 13.1 Å². The van der Waals surface area contributed by atoms with Crippen molar-refractivity contribution in [1.29, 1.82) is 5.26 Å². The predicted octanol–water partition coefficient (Wildman–Crippen LogP) is 5.59.